The first-order chi connectivity index (χ1) is 9.88. The first-order valence-corrected chi connectivity index (χ1v) is 7.37. The lowest BCUT2D eigenvalue weighted by atomic mass is 9.95. The lowest BCUT2D eigenvalue weighted by Gasteiger charge is -2.19. The summed E-state index contributed by atoms with van der Waals surface area (Å²) in [4.78, 5) is 23.6. The monoisotopic (exact) mass is 311 g/mol. The van der Waals surface area contributed by atoms with Crippen molar-refractivity contribution in [2.24, 2.45) is 17.6 Å². The molecule has 0 heterocycles. The Bertz CT molecular complexity index is 518. The van der Waals surface area contributed by atoms with Crippen LogP contribution in [0.5, 0.6) is 0 Å². The molecule has 1 atom stereocenters. The summed E-state index contributed by atoms with van der Waals surface area (Å²) in [5.74, 6) is -0.420. The summed E-state index contributed by atoms with van der Waals surface area (Å²) in [5.41, 5.74) is 6.69. The van der Waals surface area contributed by atoms with Crippen LogP contribution in [0.1, 0.15) is 27.2 Å². The van der Waals surface area contributed by atoms with Crippen molar-refractivity contribution in [2.45, 2.75) is 27.2 Å². The molecule has 116 valence electrons. The Hall–Kier alpha value is -1.59. The smallest absolute Gasteiger partial charge is 0.229 e. The van der Waals surface area contributed by atoms with E-state index in [0.29, 0.717) is 22.8 Å². The Balaban J connectivity index is 2.89. The number of hydrogen-bond acceptors (Lipinski definition) is 3. The minimum absolute atomic E-state index is 0.100. The standard InChI is InChI=1S/C15H22ClN3O2/c1-4-14(20)18-10-5-6-12(16)13(7-10)19-15(21)11(8-17)9(2)3/h5-7,9,11H,4,8,17H2,1-3H3,(H,18,20)(H,19,21). The Morgan fingerprint density at radius 1 is 1.29 bits per heavy atom. The summed E-state index contributed by atoms with van der Waals surface area (Å²) in [5, 5.41) is 5.91. The Kier molecular flexibility index (Phi) is 6.65. The molecule has 0 saturated heterocycles. The number of nitrogens with two attached hydrogens (primary N) is 1. The van der Waals surface area contributed by atoms with E-state index in [-0.39, 0.29) is 30.2 Å². The molecule has 5 nitrogen and oxygen atoms in total. The highest BCUT2D eigenvalue weighted by atomic mass is 35.5. The molecular formula is C15H22ClN3O2. The predicted octanol–water partition coefficient (Wildman–Crippen LogP) is 2.86. The number of carbonyl (C=O) groups excluding carboxylic acids is 2. The molecule has 0 fully saturated rings. The highest BCUT2D eigenvalue weighted by Crippen LogP contribution is 2.26. The third-order valence-corrected chi connectivity index (χ3v) is 3.55. The van der Waals surface area contributed by atoms with Gasteiger partial charge in [-0.3, -0.25) is 9.59 Å². The number of carbonyl (C=O) groups is 2. The van der Waals surface area contributed by atoms with Crippen LogP contribution in [0.2, 0.25) is 5.02 Å². The summed E-state index contributed by atoms with van der Waals surface area (Å²) >= 11 is 6.08. The molecule has 21 heavy (non-hydrogen) atoms. The van der Waals surface area contributed by atoms with Gasteiger partial charge in [-0.05, 0) is 24.1 Å². The van der Waals surface area contributed by atoms with Crippen LogP contribution in [0, 0.1) is 11.8 Å². The number of amides is 2. The van der Waals surface area contributed by atoms with Crippen molar-refractivity contribution in [3.05, 3.63) is 23.2 Å². The van der Waals surface area contributed by atoms with E-state index in [2.05, 4.69) is 10.6 Å². The van der Waals surface area contributed by atoms with E-state index in [1.54, 1.807) is 25.1 Å². The molecule has 4 N–H and O–H groups in total. The maximum atomic E-state index is 12.2. The van der Waals surface area contributed by atoms with Gasteiger partial charge in [-0.25, -0.2) is 0 Å². The van der Waals surface area contributed by atoms with Gasteiger partial charge in [0.05, 0.1) is 16.6 Å². The van der Waals surface area contributed by atoms with Crippen LogP contribution >= 0.6 is 11.6 Å². The highest BCUT2D eigenvalue weighted by molar-refractivity contribution is 6.33. The minimum Gasteiger partial charge on any atom is -0.330 e. The van der Waals surface area contributed by atoms with Crippen LogP contribution in [0.15, 0.2) is 18.2 Å². The van der Waals surface area contributed by atoms with Gasteiger partial charge in [-0.1, -0.05) is 32.4 Å². The third-order valence-electron chi connectivity index (χ3n) is 3.22. The molecule has 0 aliphatic carbocycles. The van der Waals surface area contributed by atoms with Gasteiger partial charge in [0.15, 0.2) is 0 Å². The highest BCUT2D eigenvalue weighted by Gasteiger charge is 2.21. The fraction of sp³-hybridized carbons (Fsp3) is 0.467. The fourth-order valence-electron chi connectivity index (χ4n) is 1.86. The normalized spacial score (nSPS) is 12.1. The lowest BCUT2D eigenvalue weighted by molar-refractivity contribution is -0.120. The van der Waals surface area contributed by atoms with Crippen LogP contribution in [0.3, 0.4) is 0 Å². The number of nitrogens with one attached hydrogen (secondary N) is 2. The number of hydrogen-bond donors (Lipinski definition) is 3. The Morgan fingerprint density at radius 2 is 1.95 bits per heavy atom. The van der Waals surface area contributed by atoms with Crippen LogP contribution in [-0.2, 0) is 9.59 Å². The zero-order valence-electron chi connectivity index (χ0n) is 12.6. The van der Waals surface area contributed by atoms with Crippen molar-refractivity contribution >= 4 is 34.8 Å². The zero-order valence-corrected chi connectivity index (χ0v) is 13.3. The van der Waals surface area contributed by atoms with E-state index < -0.39 is 0 Å². The molecule has 0 aliphatic rings. The number of anilines is 2. The molecule has 0 saturated carbocycles. The third kappa shape index (κ3) is 5.02. The van der Waals surface area contributed by atoms with E-state index >= 15 is 0 Å². The van der Waals surface area contributed by atoms with Crippen molar-refractivity contribution in [3.8, 4) is 0 Å². The van der Waals surface area contributed by atoms with E-state index in [0.717, 1.165) is 0 Å². The van der Waals surface area contributed by atoms with Gasteiger partial charge in [0.1, 0.15) is 0 Å². The van der Waals surface area contributed by atoms with Crippen molar-refractivity contribution in [1.82, 2.24) is 0 Å². The fourth-order valence-corrected chi connectivity index (χ4v) is 2.02. The lowest BCUT2D eigenvalue weighted by Crippen LogP contribution is -2.33. The molecule has 1 aromatic carbocycles. The van der Waals surface area contributed by atoms with Crippen molar-refractivity contribution in [1.29, 1.82) is 0 Å². The largest absolute Gasteiger partial charge is 0.330 e. The molecule has 1 aromatic rings. The Morgan fingerprint density at radius 3 is 2.48 bits per heavy atom. The molecular weight excluding hydrogens is 290 g/mol. The average Bonchev–Trinajstić information content (AvgIpc) is 2.42. The van der Waals surface area contributed by atoms with E-state index in [4.69, 9.17) is 17.3 Å². The van der Waals surface area contributed by atoms with Crippen molar-refractivity contribution in [2.75, 3.05) is 17.2 Å². The van der Waals surface area contributed by atoms with Crippen LogP contribution in [0.4, 0.5) is 11.4 Å². The van der Waals surface area contributed by atoms with Crippen molar-refractivity contribution in [3.63, 3.8) is 0 Å². The van der Waals surface area contributed by atoms with Crippen LogP contribution in [-0.4, -0.2) is 18.4 Å². The van der Waals surface area contributed by atoms with Crippen LogP contribution in [0.25, 0.3) is 0 Å². The van der Waals surface area contributed by atoms with Crippen molar-refractivity contribution < 1.29 is 9.59 Å². The topological polar surface area (TPSA) is 84.2 Å². The first kappa shape index (κ1) is 17.5. The van der Waals surface area contributed by atoms with Crippen LogP contribution < -0.4 is 16.4 Å². The minimum atomic E-state index is -0.282. The van der Waals surface area contributed by atoms with Gasteiger partial charge in [-0.2, -0.15) is 0 Å². The SMILES string of the molecule is CCC(=O)Nc1ccc(Cl)c(NC(=O)C(CN)C(C)C)c1. The molecule has 0 radical (unpaired) electrons. The molecule has 0 aromatic heterocycles. The van der Waals surface area contributed by atoms with Gasteiger partial charge in [-0.15, -0.1) is 0 Å². The molecule has 0 bridgehead atoms. The van der Waals surface area contributed by atoms with E-state index in [1.807, 2.05) is 13.8 Å². The number of benzene rings is 1. The van der Waals surface area contributed by atoms with E-state index in [1.165, 1.54) is 0 Å². The first-order valence-electron chi connectivity index (χ1n) is 6.99. The second-order valence-corrected chi connectivity index (χ2v) is 5.58. The van der Waals surface area contributed by atoms with E-state index in [9.17, 15) is 9.59 Å². The quantitative estimate of drug-likeness (QED) is 0.755. The summed E-state index contributed by atoms with van der Waals surface area (Å²) in [7, 11) is 0. The summed E-state index contributed by atoms with van der Waals surface area (Å²) < 4.78 is 0. The predicted molar refractivity (Wildman–Crippen MR) is 86.4 cm³/mol. The second-order valence-electron chi connectivity index (χ2n) is 5.17. The van der Waals surface area contributed by atoms with Gasteiger partial charge >= 0.3 is 0 Å². The number of halogens is 1. The summed E-state index contributed by atoms with van der Waals surface area (Å²) in [6, 6.07) is 4.96. The molecule has 1 unspecified atom stereocenters. The maximum Gasteiger partial charge on any atom is 0.229 e. The molecule has 0 spiro atoms. The number of rotatable bonds is 6. The summed E-state index contributed by atoms with van der Waals surface area (Å²) in [6.07, 6.45) is 0.382. The van der Waals surface area contributed by atoms with Gasteiger partial charge < -0.3 is 16.4 Å². The molecule has 0 aliphatic heterocycles. The molecule has 6 heteroatoms. The summed E-state index contributed by atoms with van der Waals surface area (Å²) in [6.45, 7) is 5.92. The average molecular weight is 312 g/mol. The Labute approximate surface area is 130 Å². The van der Waals surface area contributed by atoms with Gasteiger partial charge in [0.2, 0.25) is 11.8 Å². The zero-order chi connectivity index (χ0) is 16.0. The second kappa shape index (κ2) is 8.00. The van der Waals surface area contributed by atoms with Gasteiger partial charge in [0.25, 0.3) is 0 Å². The molecule has 2 amide bonds. The van der Waals surface area contributed by atoms with Gasteiger partial charge in [0, 0.05) is 18.7 Å². The molecule has 1 rings (SSSR count). The maximum absolute atomic E-state index is 12.2.